The number of ketones is 1. The zero-order valence-electron chi connectivity index (χ0n) is 16.4. The smallest absolute Gasteiger partial charge is 0.229 e. The molecule has 4 rings (SSSR count). The van der Waals surface area contributed by atoms with E-state index in [0.29, 0.717) is 23.8 Å². The minimum atomic E-state index is 0.0678. The van der Waals surface area contributed by atoms with E-state index in [-0.39, 0.29) is 5.78 Å². The number of benzene rings is 2. The van der Waals surface area contributed by atoms with E-state index in [2.05, 4.69) is 20.6 Å². The van der Waals surface area contributed by atoms with Gasteiger partial charge in [0, 0.05) is 17.8 Å². The Morgan fingerprint density at radius 2 is 1.38 bits per heavy atom. The minimum absolute atomic E-state index is 0.0678. The molecular weight excluding hydrogens is 368 g/mol. The van der Waals surface area contributed by atoms with E-state index in [9.17, 15) is 4.79 Å². The lowest BCUT2D eigenvalue weighted by atomic mass is 9.95. The van der Waals surface area contributed by atoms with E-state index in [0.717, 1.165) is 41.4 Å². The van der Waals surface area contributed by atoms with E-state index in [1.54, 1.807) is 14.2 Å². The summed E-state index contributed by atoms with van der Waals surface area (Å²) in [6.07, 6.45) is 2.06. The van der Waals surface area contributed by atoms with Gasteiger partial charge in [0.2, 0.25) is 5.95 Å². The van der Waals surface area contributed by atoms with Gasteiger partial charge in [0.1, 0.15) is 17.3 Å². The Morgan fingerprint density at radius 1 is 0.793 bits per heavy atom. The Morgan fingerprint density at radius 3 is 1.97 bits per heavy atom. The number of Topliss-reactive ketones (excluding diaryl/α,β-unsaturated/α-hetero) is 1. The Balaban J connectivity index is 1.67. The van der Waals surface area contributed by atoms with E-state index >= 15 is 0 Å². The topological polar surface area (TPSA) is 85.4 Å². The van der Waals surface area contributed by atoms with Crippen LogP contribution >= 0.6 is 0 Å². The Bertz CT molecular complexity index is 1020. The van der Waals surface area contributed by atoms with Crippen LogP contribution in [0.5, 0.6) is 11.5 Å². The molecule has 1 heterocycles. The van der Waals surface area contributed by atoms with E-state index in [4.69, 9.17) is 9.47 Å². The number of carbonyl (C=O) groups excluding carboxylic acids is 1. The number of aromatic nitrogens is 2. The Hall–Kier alpha value is -3.61. The highest BCUT2D eigenvalue weighted by molar-refractivity contribution is 6.03. The number of methoxy groups -OCH3 is 2. The van der Waals surface area contributed by atoms with Crippen molar-refractivity contribution in [3.05, 3.63) is 59.8 Å². The van der Waals surface area contributed by atoms with Crippen LogP contribution in [0.2, 0.25) is 0 Å². The Kier molecular flexibility index (Phi) is 5.29. The van der Waals surface area contributed by atoms with Crippen molar-refractivity contribution in [2.75, 3.05) is 24.9 Å². The molecular formula is C22H22N4O3. The number of ether oxygens (including phenoxy) is 2. The molecule has 1 aromatic heterocycles. The summed E-state index contributed by atoms with van der Waals surface area (Å²) in [5.41, 5.74) is 3.00. The van der Waals surface area contributed by atoms with Gasteiger partial charge in [-0.25, -0.2) is 4.98 Å². The molecule has 0 amide bonds. The molecule has 0 bridgehead atoms. The van der Waals surface area contributed by atoms with Crippen molar-refractivity contribution >= 4 is 28.9 Å². The first-order valence-corrected chi connectivity index (χ1v) is 9.42. The van der Waals surface area contributed by atoms with Crippen LogP contribution in [0.1, 0.15) is 28.9 Å². The number of rotatable bonds is 6. The summed E-state index contributed by atoms with van der Waals surface area (Å²) in [6, 6.07) is 15.0. The zero-order valence-corrected chi connectivity index (χ0v) is 16.4. The molecule has 0 saturated heterocycles. The monoisotopic (exact) mass is 390 g/mol. The molecule has 1 aliphatic carbocycles. The van der Waals surface area contributed by atoms with Crippen LogP contribution in [0.15, 0.2) is 48.5 Å². The molecule has 2 N–H and O–H groups in total. The van der Waals surface area contributed by atoms with Crippen molar-refractivity contribution in [2.24, 2.45) is 0 Å². The molecule has 7 heteroatoms. The minimum Gasteiger partial charge on any atom is -0.497 e. The lowest BCUT2D eigenvalue weighted by Crippen LogP contribution is -2.17. The number of carbonyl (C=O) groups is 1. The van der Waals surface area contributed by atoms with Crippen LogP contribution in [0.3, 0.4) is 0 Å². The summed E-state index contributed by atoms with van der Waals surface area (Å²) in [4.78, 5) is 21.8. The number of anilines is 4. The average Bonchev–Trinajstić information content (AvgIpc) is 2.75. The van der Waals surface area contributed by atoms with Gasteiger partial charge >= 0.3 is 0 Å². The quantitative estimate of drug-likeness (QED) is 0.641. The molecule has 1 aliphatic rings. The molecule has 0 spiro atoms. The van der Waals surface area contributed by atoms with Gasteiger partial charge < -0.3 is 20.1 Å². The highest BCUT2D eigenvalue weighted by Crippen LogP contribution is 2.30. The molecule has 29 heavy (non-hydrogen) atoms. The summed E-state index contributed by atoms with van der Waals surface area (Å²) in [6.45, 7) is 0. The predicted octanol–water partition coefficient (Wildman–Crippen LogP) is 4.50. The number of fused-ring (bicyclic) bond motifs is 1. The molecule has 0 unspecified atom stereocenters. The van der Waals surface area contributed by atoms with Gasteiger partial charge in [0.05, 0.1) is 25.5 Å². The number of nitrogens with one attached hydrogen (secondary N) is 2. The third kappa shape index (κ3) is 4.13. The molecule has 3 aromatic rings. The first kappa shape index (κ1) is 18.7. The van der Waals surface area contributed by atoms with E-state index < -0.39 is 0 Å². The second-order valence-corrected chi connectivity index (χ2v) is 6.70. The fourth-order valence-electron chi connectivity index (χ4n) is 3.28. The molecule has 148 valence electrons. The van der Waals surface area contributed by atoms with Crippen molar-refractivity contribution in [3.8, 4) is 11.5 Å². The molecule has 7 nitrogen and oxygen atoms in total. The first-order chi connectivity index (χ1) is 14.2. The highest BCUT2D eigenvalue weighted by atomic mass is 16.5. The maximum atomic E-state index is 12.6. The molecule has 0 fully saturated rings. The van der Waals surface area contributed by atoms with Gasteiger partial charge in [0.15, 0.2) is 5.78 Å². The van der Waals surface area contributed by atoms with E-state index in [1.807, 2.05) is 48.5 Å². The van der Waals surface area contributed by atoms with Gasteiger partial charge in [-0.3, -0.25) is 4.79 Å². The molecule has 2 aromatic carbocycles. The molecule has 0 radical (unpaired) electrons. The van der Waals surface area contributed by atoms with Gasteiger partial charge in [-0.2, -0.15) is 4.98 Å². The van der Waals surface area contributed by atoms with Gasteiger partial charge in [-0.1, -0.05) is 0 Å². The summed E-state index contributed by atoms with van der Waals surface area (Å²) >= 11 is 0. The standard InChI is InChI=1S/C22H22N4O3/c1-28-16-10-6-14(7-11-16)23-21-20-18(4-3-5-19(20)27)25-22(26-21)24-15-8-12-17(29-2)13-9-15/h6-13H,3-5H2,1-2H3,(H2,23,24,25,26). The van der Waals surface area contributed by atoms with Crippen LogP contribution < -0.4 is 20.1 Å². The summed E-state index contributed by atoms with van der Waals surface area (Å²) in [5, 5.41) is 6.49. The largest absolute Gasteiger partial charge is 0.497 e. The van der Waals surface area contributed by atoms with Crippen LogP contribution in [-0.4, -0.2) is 30.0 Å². The maximum absolute atomic E-state index is 12.6. The lowest BCUT2D eigenvalue weighted by molar-refractivity contribution is 0.0972. The fraction of sp³-hybridized carbons (Fsp3) is 0.227. The lowest BCUT2D eigenvalue weighted by Gasteiger charge is -2.19. The van der Waals surface area contributed by atoms with E-state index in [1.165, 1.54) is 0 Å². The predicted molar refractivity (Wildman–Crippen MR) is 112 cm³/mol. The van der Waals surface area contributed by atoms with Crippen molar-refractivity contribution in [1.29, 1.82) is 0 Å². The summed E-state index contributed by atoms with van der Waals surface area (Å²) in [7, 11) is 3.25. The second kappa shape index (κ2) is 8.18. The number of nitrogens with zero attached hydrogens (tertiary/aromatic N) is 2. The SMILES string of the molecule is COc1ccc(Nc2nc3c(c(Nc4ccc(OC)cc4)n2)C(=O)CCC3)cc1. The van der Waals surface area contributed by atoms with Gasteiger partial charge in [0.25, 0.3) is 0 Å². The summed E-state index contributed by atoms with van der Waals surface area (Å²) in [5.74, 6) is 2.56. The van der Waals surface area contributed by atoms with Crippen molar-refractivity contribution < 1.29 is 14.3 Å². The third-order valence-corrected chi connectivity index (χ3v) is 4.78. The molecule has 0 atom stereocenters. The third-order valence-electron chi connectivity index (χ3n) is 4.78. The van der Waals surface area contributed by atoms with Crippen LogP contribution in [0.4, 0.5) is 23.1 Å². The van der Waals surface area contributed by atoms with Crippen molar-refractivity contribution in [3.63, 3.8) is 0 Å². The average molecular weight is 390 g/mol. The zero-order chi connectivity index (χ0) is 20.2. The van der Waals surface area contributed by atoms with Gasteiger partial charge in [-0.05, 0) is 61.4 Å². The van der Waals surface area contributed by atoms with Crippen LogP contribution in [0, 0.1) is 0 Å². The maximum Gasteiger partial charge on any atom is 0.229 e. The fourth-order valence-corrected chi connectivity index (χ4v) is 3.28. The highest BCUT2D eigenvalue weighted by Gasteiger charge is 2.24. The Labute approximate surface area is 169 Å². The first-order valence-electron chi connectivity index (χ1n) is 9.42. The van der Waals surface area contributed by atoms with Crippen molar-refractivity contribution in [2.45, 2.75) is 19.3 Å². The number of aryl methyl sites for hydroxylation is 1. The second-order valence-electron chi connectivity index (χ2n) is 6.70. The van der Waals surface area contributed by atoms with Crippen LogP contribution in [-0.2, 0) is 6.42 Å². The normalized spacial score (nSPS) is 12.8. The van der Waals surface area contributed by atoms with Crippen molar-refractivity contribution in [1.82, 2.24) is 9.97 Å². The molecule has 0 aliphatic heterocycles. The number of hydrogen-bond donors (Lipinski definition) is 2. The molecule has 0 saturated carbocycles. The summed E-state index contributed by atoms with van der Waals surface area (Å²) < 4.78 is 10.4. The van der Waals surface area contributed by atoms with Crippen LogP contribution in [0.25, 0.3) is 0 Å². The van der Waals surface area contributed by atoms with Gasteiger partial charge in [-0.15, -0.1) is 0 Å². The number of hydrogen-bond acceptors (Lipinski definition) is 7.